The van der Waals surface area contributed by atoms with Crippen molar-refractivity contribution in [2.45, 2.75) is 17.9 Å². The molecule has 2 rings (SSSR count). The third-order valence-corrected chi connectivity index (χ3v) is 3.12. The van der Waals surface area contributed by atoms with Crippen LogP contribution in [0.15, 0.2) is 53.4 Å². The van der Waals surface area contributed by atoms with Gasteiger partial charge in [0, 0.05) is 4.90 Å². The summed E-state index contributed by atoms with van der Waals surface area (Å²) in [5.41, 5.74) is 0.980. The SMILES string of the molecule is CC(NC(=O)c1cc(S)ccc1F)c1ccccc1. The standard InChI is InChI=1S/C15H14FNOS/c1-10(11-5-3-2-4-6-11)17-15(18)13-9-12(19)7-8-14(13)16/h2-10,19H,1H3,(H,17,18). The average molecular weight is 275 g/mol. The van der Waals surface area contributed by atoms with Crippen LogP contribution in [0, 0.1) is 5.82 Å². The number of benzene rings is 2. The molecule has 1 N–H and O–H groups in total. The first-order chi connectivity index (χ1) is 9.08. The minimum atomic E-state index is -0.546. The molecule has 0 saturated heterocycles. The third-order valence-electron chi connectivity index (χ3n) is 2.84. The summed E-state index contributed by atoms with van der Waals surface area (Å²) in [4.78, 5) is 12.6. The largest absolute Gasteiger partial charge is 0.345 e. The molecule has 4 heteroatoms. The molecule has 0 saturated carbocycles. The lowest BCUT2D eigenvalue weighted by Crippen LogP contribution is -2.27. The Kier molecular flexibility index (Phi) is 4.22. The Balaban J connectivity index is 2.15. The topological polar surface area (TPSA) is 29.1 Å². The van der Waals surface area contributed by atoms with E-state index in [9.17, 15) is 9.18 Å². The molecule has 0 aliphatic rings. The number of amides is 1. The Bertz CT molecular complexity index is 586. The maximum absolute atomic E-state index is 13.6. The van der Waals surface area contributed by atoms with Gasteiger partial charge >= 0.3 is 0 Å². The number of nitrogens with one attached hydrogen (secondary N) is 1. The van der Waals surface area contributed by atoms with Crippen LogP contribution in [0.4, 0.5) is 4.39 Å². The van der Waals surface area contributed by atoms with Crippen LogP contribution < -0.4 is 5.32 Å². The zero-order valence-corrected chi connectivity index (χ0v) is 11.3. The summed E-state index contributed by atoms with van der Waals surface area (Å²) in [6.07, 6.45) is 0. The Morgan fingerprint density at radius 3 is 2.58 bits per heavy atom. The predicted molar refractivity (Wildman–Crippen MR) is 76.0 cm³/mol. The van der Waals surface area contributed by atoms with E-state index in [1.165, 1.54) is 18.2 Å². The predicted octanol–water partition coefficient (Wildman–Crippen LogP) is 3.61. The van der Waals surface area contributed by atoms with Crippen molar-refractivity contribution < 1.29 is 9.18 Å². The molecule has 1 amide bonds. The van der Waals surface area contributed by atoms with Gasteiger partial charge in [0.25, 0.3) is 5.91 Å². The van der Waals surface area contributed by atoms with Crippen LogP contribution in [0.2, 0.25) is 0 Å². The summed E-state index contributed by atoms with van der Waals surface area (Å²) in [5, 5.41) is 2.77. The third kappa shape index (κ3) is 3.35. The second kappa shape index (κ2) is 5.89. The molecule has 2 aromatic carbocycles. The zero-order chi connectivity index (χ0) is 13.8. The first-order valence-electron chi connectivity index (χ1n) is 5.92. The van der Waals surface area contributed by atoms with Crippen molar-refractivity contribution in [1.29, 1.82) is 0 Å². The Morgan fingerprint density at radius 1 is 1.21 bits per heavy atom. The van der Waals surface area contributed by atoms with E-state index in [4.69, 9.17) is 0 Å². The number of carbonyl (C=O) groups is 1. The molecule has 2 aromatic rings. The second-order valence-corrected chi connectivity index (χ2v) is 4.79. The lowest BCUT2D eigenvalue weighted by Gasteiger charge is -2.14. The van der Waals surface area contributed by atoms with E-state index >= 15 is 0 Å². The van der Waals surface area contributed by atoms with Crippen molar-refractivity contribution in [2.24, 2.45) is 0 Å². The monoisotopic (exact) mass is 275 g/mol. The Hall–Kier alpha value is -1.81. The summed E-state index contributed by atoms with van der Waals surface area (Å²) >= 11 is 4.11. The Labute approximate surface area is 117 Å². The van der Waals surface area contributed by atoms with Gasteiger partial charge in [-0.05, 0) is 30.7 Å². The van der Waals surface area contributed by atoms with E-state index in [-0.39, 0.29) is 11.6 Å². The van der Waals surface area contributed by atoms with Crippen LogP contribution >= 0.6 is 12.6 Å². The van der Waals surface area contributed by atoms with Gasteiger partial charge in [0.1, 0.15) is 5.82 Å². The van der Waals surface area contributed by atoms with E-state index in [1.807, 2.05) is 37.3 Å². The molecule has 0 aliphatic carbocycles. The van der Waals surface area contributed by atoms with Crippen molar-refractivity contribution in [3.8, 4) is 0 Å². The van der Waals surface area contributed by atoms with Gasteiger partial charge in [0.15, 0.2) is 0 Å². The van der Waals surface area contributed by atoms with Gasteiger partial charge < -0.3 is 5.32 Å². The summed E-state index contributed by atoms with van der Waals surface area (Å²) < 4.78 is 13.6. The number of hydrogen-bond acceptors (Lipinski definition) is 2. The number of rotatable bonds is 3. The molecule has 19 heavy (non-hydrogen) atoms. The van der Waals surface area contributed by atoms with E-state index in [0.29, 0.717) is 4.90 Å². The van der Waals surface area contributed by atoms with Crippen LogP contribution in [-0.4, -0.2) is 5.91 Å². The van der Waals surface area contributed by atoms with Crippen LogP contribution in [0.5, 0.6) is 0 Å². The molecule has 0 bridgehead atoms. The van der Waals surface area contributed by atoms with Gasteiger partial charge in [-0.1, -0.05) is 30.3 Å². The van der Waals surface area contributed by atoms with Crippen molar-refractivity contribution >= 4 is 18.5 Å². The highest BCUT2D eigenvalue weighted by molar-refractivity contribution is 7.80. The molecule has 0 heterocycles. The van der Waals surface area contributed by atoms with E-state index < -0.39 is 11.7 Å². The fourth-order valence-corrected chi connectivity index (χ4v) is 1.99. The molecule has 0 spiro atoms. The van der Waals surface area contributed by atoms with Crippen LogP contribution in [-0.2, 0) is 0 Å². The zero-order valence-electron chi connectivity index (χ0n) is 10.4. The van der Waals surface area contributed by atoms with E-state index in [1.54, 1.807) is 0 Å². The highest BCUT2D eigenvalue weighted by Gasteiger charge is 2.15. The van der Waals surface area contributed by atoms with Gasteiger partial charge in [-0.25, -0.2) is 4.39 Å². The highest BCUT2D eigenvalue weighted by Crippen LogP contribution is 2.16. The number of thiol groups is 1. The first-order valence-corrected chi connectivity index (χ1v) is 6.37. The molecular formula is C15H14FNOS. The van der Waals surface area contributed by atoms with E-state index in [2.05, 4.69) is 17.9 Å². The van der Waals surface area contributed by atoms with Gasteiger partial charge in [0.05, 0.1) is 11.6 Å². The van der Waals surface area contributed by atoms with Crippen LogP contribution in [0.25, 0.3) is 0 Å². The second-order valence-electron chi connectivity index (χ2n) is 4.27. The fraction of sp³-hybridized carbons (Fsp3) is 0.133. The van der Waals surface area contributed by atoms with E-state index in [0.717, 1.165) is 5.56 Å². The molecule has 0 radical (unpaired) electrons. The smallest absolute Gasteiger partial charge is 0.254 e. The number of hydrogen-bond donors (Lipinski definition) is 2. The Morgan fingerprint density at radius 2 is 1.89 bits per heavy atom. The normalized spacial score (nSPS) is 11.9. The maximum Gasteiger partial charge on any atom is 0.254 e. The highest BCUT2D eigenvalue weighted by atomic mass is 32.1. The van der Waals surface area contributed by atoms with Crippen LogP contribution in [0.3, 0.4) is 0 Å². The van der Waals surface area contributed by atoms with Crippen molar-refractivity contribution in [3.63, 3.8) is 0 Å². The first kappa shape index (κ1) is 13.6. The number of carbonyl (C=O) groups excluding carboxylic acids is 1. The van der Waals surface area contributed by atoms with Gasteiger partial charge in [-0.2, -0.15) is 0 Å². The summed E-state index contributed by atoms with van der Waals surface area (Å²) in [7, 11) is 0. The minimum absolute atomic E-state index is 0.00952. The molecule has 1 atom stereocenters. The fourth-order valence-electron chi connectivity index (χ4n) is 1.79. The van der Waals surface area contributed by atoms with Crippen molar-refractivity contribution in [1.82, 2.24) is 5.32 Å². The molecule has 2 nitrogen and oxygen atoms in total. The lowest BCUT2D eigenvalue weighted by atomic mass is 10.1. The molecule has 98 valence electrons. The molecular weight excluding hydrogens is 261 g/mol. The summed E-state index contributed by atoms with van der Waals surface area (Å²) in [5.74, 6) is -0.986. The summed E-state index contributed by atoms with van der Waals surface area (Å²) in [6.45, 7) is 1.86. The molecule has 0 aliphatic heterocycles. The molecule has 1 unspecified atom stereocenters. The molecule has 0 fully saturated rings. The quantitative estimate of drug-likeness (QED) is 0.823. The van der Waals surface area contributed by atoms with Gasteiger partial charge in [0.2, 0.25) is 0 Å². The van der Waals surface area contributed by atoms with Gasteiger partial charge in [-0.15, -0.1) is 12.6 Å². The molecule has 0 aromatic heterocycles. The van der Waals surface area contributed by atoms with Gasteiger partial charge in [-0.3, -0.25) is 4.79 Å². The van der Waals surface area contributed by atoms with Crippen molar-refractivity contribution in [2.75, 3.05) is 0 Å². The average Bonchev–Trinajstić information content (AvgIpc) is 2.42. The summed E-state index contributed by atoms with van der Waals surface area (Å²) in [6, 6.07) is 13.5. The van der Waals surface area contributed by atoms with Crippen molar-refractivity contribution in [3.05, 3.63) is 65.5 Å². The van der Waals surface area contributed by atoms with Crippen LogP contribution in [0.1, 0.15) is 28.9 Å². The minimum Gasteiger partial charge on any atom is -0.345 e. The maximum atomic E-state index is 13.6. The number of halogens is 1. The lowest BCUT2D eigenvalue weighted by molar-refractivity contribution is 0.0935.